The molecule has 21 heavy (non-hydrogen) atoms. The number of hydrogen-bond donors (Lipinski definition) is 0. The Kier molecular flexibility index (Phi) is 3.45. The minimum atomic E-state index is -0.682. The summed E-state index contributed by atoms with van der Waals surface area (Å²) in [6.45, 7) is 2.49. The Balaban J connectivity index is 1.78. The van der Waals surface area contributed by atoms with Crippen molar-refractivity contribution in [1.29, 1.82) is 0 Å². The van der Waals surface area contributed by atoms with Gasteiger partial charge in [0.05, 0.1) is 11.3 Å². The Bertz CT molecular complexity index is 613. The molecule has 1 aromatic carbocycles. The number of hydrogen-bond acceptors (Lipinski definition) is 4. The summed E-state index contributed by atoms with van der Waals surface area (Å²) in [5, 5.41) is 0. The van der Waals surface area contributed by atoms with E-state index in [1.165, 1.54) is 4.90 Å². The first kappa shape index (κ1) is 13.7. The van der Waals surface area contributed by atoms with Gasteiger partial charge >= 0.3 is 12.0 Å². The van der Waals surface area contributed by atoms with Crippen LogP contribution >= 0.6 is 0 Å². The molecule has 0 bridgehead atoms. The van der Waals surface area contributed by atoms with Gasteiger partial charge in [-0.15, -0.1) is 0 Å². The zero-order chi connectivity index (χ0) is 15.0. The molecule has 0 saturated carbocycles. The van der Waals surface area contributed by atoms with Gasteiger partial charge < -0.3 is 4.74 Å². The monoisotopic (exact) mass is 289 g/mol. The van der Waals surface area contributed by atoms with Gasteiger partial charge in [0.2, 0.25) is 6.54 Å². The molecular weight excluding hydrogens is 272 g/mol. The standard InChI is InChI=1S/C15H17N2O4/c1-10-4-2-5-11(8-10)13-9-16(15(19)21-13)12-6-3-7-17(20)14(12)18/h2,4-5,8,12-13H,3,6-7,9H2,1H3/q+1/t12?,13-/m1/s1. The molecule has 0 radical (unpaired) electrons. The minimum absolute atomic E-state index is 0.208. The van der Waals surface area contributed by atoms with Crippen LogP contribution in [0, 0.1) is 11.8 Å². The van der Waals surface area contributed by atoms with E-state index in [0.29, 0.717) is 24.1 Å². The van der Waals surface area contributed by atoms with Crippen molar-refractivity contribution in [2.75, 3.05) is 13.1 Å². The molecule has 1 aromatic rings. The van der Waals surface area contributed by atoms with Crippen molar-refractivity contribution in [3.63, 3.8) is 0 Å². The highest BCUT2D eigenvalue weighted by Crippen LogP contribution is 2.30. The lowest BCUT2D eigenvalue weighted by molar-refractivity contribution is -0.479. The smallest absolute Gasteiger partial charge is 0.439 e. The number of ether oxygens (including phenoxy) is 1. The third kappa shape index (κ3) is 2.53. The number of amides is 2. The molecule has 0 aliphatic carbocycles. The number of benzene rings is 1. The number of nitroso groups, excluding NO2 is 1. The van der Waals surface area contributed by atoms with Gasteiger partial charge in [0.1, 0.15) is 6.10 Å². The van der Waals surface area contributed by atoms with Crippen molar-refractivity contribution in [3.05, 3.63) is 40.3 Å². The van der Waals surface area contributed by atoms with E-state index in [2.05, 4.69) is 0 Å². The van der Waals surface area contributed by atoms with Crippen molar-refractivity contribution < 1.29 is 19.1 Å². The lowest BCUT2D eigenvalue weighted by Crippen LogP contribution is -2.48. The predicted octanol–water partition coefficient (Wildman–Crippen LogP) is 1.96. The predicted molar refractivity (Wildman–Crippen MR) is 73.6 cm³/mol. The summed E-state index contributed by atoms with van der Waals surface area (Å²) in [6.07, 6.45) is 0.230. The molecule has 110 valence electrons. The SMILES string of the molecule is Cc1cccc([C@H]2CN(C3CCC[N+](=O)C3=O)C(=O)O2)c1. The third-order valence-corrected chi connectivity index (χ3v) is 4.00. The van der Waals surface area contributed by atoms with Gasteiger partial charge in [-0.05, 0) is 18.9 Å². The van der Waals surface area contributed by atoms with Gasteiger partial charge in [0.15, 0.2) is 6.04 Å². The van der Waals surface area contributed by atoms with E-state index >= 15 is 0 Å². The summed E-state index contributed by atoms with van der Waals surface area (Å²) in [5.74, 6) is -0.539. The molecule has 0 N–H and O–H groups in total. The van der Waals surface area contributed by atoms with Gasteiger partial charge in [-0.25, -0.2) is 9.59 Å². The Labute approximate surface area is 122 Å². The van der Waals surface area contributed by atoms with E-state index in [4.69, 9.17) is 4.74 Å². The summed E-state index contributed by atoms with van der Waals surface area (Å²) in [7, 11) is 0. The van der Waals surface area contributed by atoms with Crippen molar-refractivity contribution in [2.45, 2.75) is 31.9 Å². The number of cyclic esters (lactones) is 1. The topological polar surface area (TPSA) is 66.7 Å². The molecule has 2 fully saturated rings. The van der Waals surface area contributed by atoms with Gasteiger partial charge in [0.25, 0.3) is 0 Å². The molecule has 2 heterocycles. The van der Waals surface area contributed by atoms with Crippen LogP contribution in [0.25, 0.3) is 0 Å². The number of aryl methyl sites for hydroxylation is 1. The summed E-state index contributed by atoms with van der Waals surface area (Å²) < 4.78 is 5.81. The van der Waals surface area contributed by atoms with Crippen LogP contribution in [-0.2, 0) is 9.53 Å². The molecular formula is C15H17N2O4+. The highest BCUT2D eigenvalue weighted by Gasteiger charge is 2.47. The molecule has 6 nitrogen and oxygen atoms in total. The maximum Gasteiger partial charge on any atom is 0.455 e. The number of carbonyl (C=O) groups excluding carboxylic acids is 2. The zero-order valence-corrected chi connectivity index (χ0v) is 11.8. The van der Waals surface area contributed by atoms with E-state index in [1.807, 2.05) is 31.2 Å². The average Bonchev–Trinajstić information content (AvgIpc) is 2.84. The van der Waals surface area contributed by atoms with Crippen molar-refractivity contribution >= 4 is 12.0 Å². The molecule has 2 atom stereocenters. The summed E-state index contributed by atoms with van der Waals surface area (Å²) >= 11 is 0. The lowest BCUT2D eigenvalue weighted by Gasteiger charge is -2.22. The number of nitrogens with zero attached hydrogens (tertiary/aromatic N) is 2. The fraction of sp³-hybridized carbons (Fsp3) is 0.467. The largest absolute Gasteiger partial charge is 0.455 e. The highest BCUT2D eigenvalue weighted by molar-refractivity contribution is 5.81. The molecule has 2 amide bonds. The number of carbonyl (C=O) groups is 2. The third-order valence-electron chi connectivity index (χ3n) is 4.00. The van der Waals surface area contributed by atoms with E-state index in [-0.39, 0.29) is 12.6 Å². The van der Waals surface area contributed by atoms with Crippen LogP contribution in [0.3, 0.4) is 0 Å². The van der Waals surface area contributed by atoms with Crippen LogP contribution in [0.1, 0.15) is 30.1 Å². The fourth-order valence-corrected chi connectivity index (χ4v) is 2.90. The molecule has 6 heteroatoms. The van der Waals surface area contributed by atoms with Crippen LogP contribution in [0.2, 0.25) is 0 Å². The second kappa shape index (κ2) is 5.27. The maximum absolute atomic E-state index is 12.0. The first-order valence-electron chi connectivity index (χ1n) is 7.08. The minimum Gasteiger partial charge on any atom is -0.439 e. The first-order valence-corrected chi connectivity index (χ1v) is 7.08. The van der Waals surface area contributed by atoms with Crippen LogP contribution in [0.5, 0.6) is 0 Å². The van der Waals surface area contributed by atoms with E-state index in [9.17, 15) is 14.5 Å². The second-order valence-electron chi connectivity index (χ2n) is 5.54. The molecule has 2 aliphatic heterocycles. The summed E-state index contributed by atoms with van der Waals surface area (Å²) in [6, 6.07) is 7.06. The molecule has 2 aliphatic rings. The number of rotatable bonds is 2. The summed E-state index contributed by atoms with van der Waals surface area (Å²) in [4.78, 5) is 36.8. The second-order valence-corrected chi connectivity index (χ2v) is 5.54. The molecule has 0 aromatic heterocycles. The molecule has 3 rings (SSSR count). The van der Waals surface area contributed by atoms with E-state index < -0.39 is 18.0 Å². The van der Waals surface area contributed by atoms with Crippen molar-refractivity contribution in [1.82, 2.24) is 4.90 Å². The van der Waals surface area contributed by atoms with Crippen LogP contribution in [0.4, 0.5) is 4.79 Å². The van der Waals surface area contributed by atoms with Gasteiger partial charge in [-0.1, -0.05) is 29.8 Å². The van der Waals surface area contributed by atoms with Gasteiger partial charge in [0, 0.05) is 11.3 Å². The van der Waals surface area contributed by atoms with Crippen LogP contribution < -0.4 is 0 Å². The van der Waals surface area contributed by atoms with Gasteiger partial charge in [-0.2, -0.15) is 0 Å². The van der Waals surface area contributed by atoms with Crippen LogP contribution in [0.15, 0.2) is 24.3 Å². The van der Waals surface area contributed by atoms with Crippen molar-refractivity contribution in [2.24, 2.45) is 0 Å². The molecule has 1 unspecified atom stereocenters. The lowest BCUT2D eigenvalue weighted by atomic mass is 10.0. The Morgan fingerprint density at radius 2 is 2.14 bits per heavy atom. The quantitative estimate of drug-likeness (QED) is 0.781. The van der Waals surface area contributed by atoms with Gasteiger partial charge in [-0.3, -0.25) is 4.90 Å². The summed E-state index contributed by atoms with van der Waals surface area (Å²) in [5.41, 5.74) is 1.99. The molecule has 2 saturated heterocycles. The fourth-order valence-electron chi connectivity index (χ4n) is 2.90. The molecule has 0 spiro atoms. The average molecular weight is 289 g/mol. The van der Waals surface area contributed by atoms with Crippen molar-refractivity contribution in [3.8, 4) is 0 Å². The Morgan fingerprint density at radius 3 is 2.90 bits per heavy atom. The number of piperidine rings is 1. The highest BCUT2D eigenvalue weighted by atomic mass is 16.6. The normalized spacial score (nSPS) is 26.1. The van der Waals surface area contributed by atoms with E-state index in [0.717, 1.165) is 11.1 Å². The first-order chi connectivity index (χ1) is 10.1. The van der Waals surface area contributed by atoms with E-state index in [1.54, 1.807) is 0 Å². The maximum atomic E-state index is 12.0. The van der Waals surface area contributed by atoms with Crippen LogP contribution in [-0.4, -0.2) is 40.8 Å². The Morgan fingerprint density at radius 1 is 1.33 bits per heavy atom. The Hall–Kier alpha value is -2.24. The zero-order valence-electron chi connectivity index (χ0n) is 11.8.